The van der Waals surface area contributed by atoms with Gasteiger partial charge in [0.25, 0.3) is 0 Å². The van der Waals surface area contributed by atoms with Crippen molar-refractivity contribution in [2.24, 2.45) is 0 Å². The third-order valence-electron chi connectivity index (χ3n) is 6.89. The molecule has 0 bridgehead atoms. The van der Waals surface area contributed by atoms with Gasteiger partial charge in [-0.25, -0.2) is 4.39 Å². The Hall–Kier alpha value is -2.60. The Labute approximate surface area is 206 Å². The van der Waals surface area contributed by atoms with Gasteiger partial charge in [0.05, 0.1) is 0 Å². The maximum atomic E-state index is 14.6. The smallest absolute Gasteiger partial charge is 0.403 e. The van der Waals surface area contributed by atoms with E-state index in [1.807, 2.05) is 30.3 Å². The van der Waals surface area contributed by atoms with Gasteiger partial charge in [0.15, 0.2) is 11.6 Å². The van der Waals surface area contributed by atoms with Crippen molar-refractivity contribution in [1.82, 2.24) is 0 Å². The fraction of sp³-hybridized carbons (Fsp3) is 0.379. The summed E-state index contributed by atoms with van der Waals surface area (Å²) in [6.07, 6.45) is 1.36. The number of benzene rings is 3. The lowest BCUT2D eigenvalue weighted by Crippen LogP contribution is -2.20. The molecule has 0 N–H and O–H groups in total. The van der Waals surface area contributed by atoms with Gasteiger partial charge in [0, 0.05) is 8.80 Å². The van der Waals surface area contributed by atoms with Crippen LogP contribution in [-0.2, 0) is 0 Å². The first-order valence-electron chi connectivity index (χ1n) is 12.4. The summed E-state index contributed by atoms with van der Waals surface area (Å²) in [4.78, 5) is 0. The molecule has 0 saturated carbocycles. The van der Waals surface area contributed by atoms with E-state index < -0.39 is 17.9 Å². The van der Waals surface area contributed by atoms with Crippen LogP contribution in [0.25, 0.3) is 22.3 Å². The minimum Gasteiger partial charge on any atom is -0.403 e. The molecule has 1 radical (unpaired) electrons. The molecule has 1 nitrogen and oxygen atoms in total. The van der Waals surface area contributed by atoms with E-state index in [9.17, 15) is 17.6 Å². The van der Waals surface area contributed by atoms with Crippen LogP contribution in [0.5, 0.6) is 5.75 Å². The molecule has 0 spiro atoms. The highest BCUT2D eigenvalue weighted by Crippen LogP contribution is 2.40. The summed E-state index contributed by atoms with van der Waals surface area (Å²) < 4.78 is 56.3. The first-order valence-corrected chi connectivity index (χ1v) is 14.5. The first kappa shape index (κ1) is 25.5. The molecule has 4 rings (SSSR count). The highest BCUT2D eigenvalue weighted by atomic mass is 28.3. The van der Waals surface area contributed by atoms with Gasteiger partial charge < -0.3 is 4.74 Å². The Morgan fingerprint density at radius 2 is 1.60 bits per heavy atom. The van der Waals surface area contributed by atoms with E-state index in [0.29, 0.717) is 11.5 Å². The normalized spacial score (nSPS) is 15.3. The van der Waals surface area contributed by atoms with Gasteiger partial charge in [-0.2, -0.15) is 0 Å². The van der Waals surface area contributed by atoms with Crippen molar-refractivity contribution >= 4 is 8.80 Å². The van der Waals surface area contributed by atoms with Gasteiger partial charge >= 0.3 is 6.36 Å². The second-order valence-electron chi connectivity index (χ2n) is 9.35. The molecular formula is C29H31F4OSi. The van der Waals surface area contributed by atoms with Crippen molar-refractivity contribution in [1.29, 1.82) is 0 Å². The summed E-state index contributed by atoms with van der Waals surface area (Å²) in [7, 11) is -0.253. The Morgan fingerprint density at radius 1 is 0.857 bits per heavy atom. The zero-order valence-corrected chi connectivity index (χ0v) is 21.0. The number of alkyl halides is 3. The largest absolute Gasteiger partial charge is 0.573 e. The van der Waals surface area contributed by atoms with Crippen LogP contribution in [-0.4, -0.2) is 15.2 Å². The minimum absolute atomic E-state index is 0.253. The second-order valence-corrected chi connectivity index (χ2v) is 12.3. The molecule has 1 heterocycles. The van der Waals surface area contributed by atoms with Crippen LogP contribution >= 0.6 is 0 Å². The second kappa shape index (κ2) is 11.4. The third kappa shape index (κ3) is 6.75. The molecule has 3 aromatic rings. The van der Waals surface area contributed by atoms with Crippen LogP contribution in [0.15, 0.2) is 66.7 Å². The molecule has 3 aromatic carbocycles. The van der Waals surface area contributed by atoms with Crippen molar-refractivity contribution in [2.45, 2.75) is 69.4 Å². The Balaban J connectivity index is 1.63. The molecule has 185 valence electrons. The van der Waals surface area contributed by atoms with Gasteiger partial charge in [-0.15, -0.1) is 13.2 Å². The lowest BCUT2D eigenvalue weighted by Gasteiger charge is -2.28. The van der Waals surface area contributed by atoms with E-state index in [-0.39, 0.29) is 8.80 Å². The average Bonchev–Trinajstić information content (AvgIpc) is 2.85. The van der Waals surface area contributed by atoms with Crippen LogP contribution in [0.3, 0.4) is 0 Å². The predicted molar refractivity (Wildman–Crippen MR) is 136 cm³/mol. The molecule has 0 amide bonds. The van der Waals surface area contributed by atoms with Crippen molar-refractivity contribution in [3.8, 4) is 28.0 Å². The van der Waals surface area contributed by atoms with Crippen LogP contribution < -0.4 is 4.74 Å². The van der Waals surface area contributed by atoms with E-state index in [0.717, 1.165) is 28.8 Å². The van der Waals surface area contributed by atoms with Crippen LogP contribution in [0.4, 0.5) is 17.6 Å². The summed E-state index contributed by atoms with van der Waals surface area (Å²) in [6.45, 7) is 2.24. The molecule has 35 heavy (non-hydrogen) atoms. The lowest BCUT2D eigenvalue weighted by molar-refractivity contribution is -0.275. The summed E-state index contributed by atoms with van der Waals surface area (Å²) in [5.74, 6) is -1.37. The molecule has 0 aromatic heterocycles. The quantitative estimate of drug-likeness (QED) is 0.170. The number of halogens is 4. The van der Waals surface area contributed by atoms with Gasteiger partial charge in [-0.3, -0.25) is 0 Å². The van der Waals surface area contributed by atoms with E-state index in [2.05, 4.69) is 29.9 Å². The van der Waals surface area contributed by atoms with Crippen LogP contribution in [0, 0.1) is 5.82 Å². The molecule has 1 saturated heterocycles. The number of rotatable bonds is 8. The topological polar surface area (TPSA) is 9.23 Å². The van der Waals surface area contributed by atoms with Crippen molar-refractivity contribution in [3.05, 3.63) is 78.1 Å². The molecule has 0 aliphatic carbocycles. The molecule has 1 fully saturated rings. The average molecular weight is 500 g/mol. The van der Waals surface area contributed by atoms with E-state index >= 15 is 0 Å². The Morgan fingerprint density at radius 3 is 2.26 bits per heavy atom. The number of unbranched alkanes of at least 4 members (excludes halogenated alkanes) is 2. The van der Waals surface area contributed by atoms with Gasteiger partial charge in [-0.1, -0.05) is 98.9 Å². The standard InChI is InChI=1S/C29H31F4OSi/c1-2-3-7-16-35-17-14-21(15-18-35)23-10-12-25(22-8-5-4-6-9-22)26(19-23)24-11-13-28(27(30)20-24)34-29(31,32)33/h4-6,8-13,19-21H,2-3,7,14-18H2,1H3. The number of hydrogen-bond acceptors (Lipinski definition) is 1. The molecule has 6 heteroatoms. The fourth-order valence-electron chi connectivity index (χ4n) is 5.03. The van der Waals surface area contributed by atoms with Gasteiger partial charge in [0.1, 0.15) is 0 Å². The Bertz CT molecular complexity index is 1110. The Kier molecular flexibility index (Phi) is 8.32. The third-order valence-corrected chi connectivity index (χ3v) is 9.95. The highest BCUT2D eigenvalue weighted by Gasteiger charge is 2.32. The molecule has 1 aliphatic heterocycles. The van der Waals surface area contributed by atoms with Crippen LogP contribution in [0.1, 0.15) is 50.5 Å². The minimum atomic E-state index is -4.94. The van der Waals surface area contributed by atoms with E-state index in [4.69, 9.17) is 0 Å². The monoisotopic (exact) mass is 499 g/mol. The zero-order valence-electron chi connectivity index (χ0n) is 20.0. The van der Waals surface area contributed by atoms with Crippen molar-refractivity contribution in [2.75, 3.05) is 0 Å². The SMILES string of the molecule is CCCCC[Si]1CCC(c2ccc(-c3ccccc3)c(-c3ccc(OC(F)(F)F)c(F)c3)c2)CC1. The van der Waals surface area contributed by atoms with Gasteiger partial charge in [0.2, 0.25) is 0 Å². The summed E-state index contributed by atoms with van der Waals surface area (Å²) >= 11 is 0. The summed E-state index contributed by atoms with van der Waals surface area (Å²) in [5.41, 5.74) is 4.50. The zero-order chi connectivity index (χ0) is 24.8. The van der Waals surface area contributed by atoms with Crippen molar-refractivity contribution < 1.29 is 22.3 Å². The molecule has 1 aliphatic rings. The maximum Gasteiger partial charge on any atom is 0.573 e. The number of hydrogen-bond donors (Lipinski definition) is 0. The maximum absolute atomic E-state index is 14.6. The van der Waals surface area contributed by atoms with E-state index in [1.165, 1.54) is 61.9 Å². The van der Waals surface area contributed by atoms with Crippen LogP contribution in [0.2, 0.25) is 18.1 Å². The van der Waals surface area contributed by atoms with E-state index in [1.54, 1.807) is 0 Å². The molecular weight excluding hydrogens is 468 g/mol. The highest BCUT2D eigenvalue weighted by molar-refractivity contribution is 6.59. The predicted octanol–water partition coefficient (Wildman–Crippen LogP) is 9.62. The summed E-state index contributed by atoms with van der Waals surface area (Å²) in [5, 5.41) is 0. The lowest BCUT2D eigenvalue weighted by atomic mass is 9.87. The fourth-order valence-corrected chi connectivity index (χ4v) is 8.05. The number of ether oxygens (including phenoxy) is 1. The molecule has 0 atom stereocenters. The molecule has 0 unspecified atom stereocenters. The van der Waals surface area contributed by atoms with Crippen molar-refractivity contribution in [3.63, 3.8) is 0 Å². The van der Waals surface area contributed by atoms with Gasteiger partial charge in [-0.05, 0) is 58.7 Å². The summed E-state index contributed by atoms with van der Waals surface area (Å²) in [6, 6.07) is 23.9. The first-order chi connectivity index (χ1) is 16.8.